The van der Waals surface area contributed by atoms with E-state index in [4.69, 9.17) is 27.9 Å². The molecule has 5 nitrogen and oxygen atoms in total. The molecule has 0 heterocycles. The Labute approximate surface area is 168 Å². The maximum Gasteiger partial charge on any atom is 0.312 e. The largest absolute Gasteiger partial charge is 0.452 e. The number of hydrogen-bond acceptors (Lipinski definition) is 4. The average Bonchev–Trinajstić information content (AvgIpc) is 2.55. The lowest BCUT2D eigenvalue weighted by atomic mass is 9.48. The minimum atomic E-state index is -0.952. The molecule has 5 rings (SSSR count). The van der Waals surface area contributed by atoms with E-state index >= 15 is 0 Å². The van der Waals surface area contributed by atoms with Gasteiger partial charge < -0.3 is 15.2 Å². The predicted octanol–water partition coefficient (Wildman–Crippen LogP) is 4.19. The van der Waals surface area contributed by atoms with Crippen molar-refractivity contribution in [1.29, 1.82) is 0 Å². The highest BCUT2D eigenvalue weighted by molar-refractivity contribution is 6.36. The number of hydrogen-bond donors (Lipinski definition) is 2. The third-order valence-corrected chi connectivity index (χ3v) is 6.85. The van der Waals surface area contributed by atoms with Crippen molar-refractivity contribution in [2.75, 3.05) is 5.32 Å². The summed E-state index contributed by atoms with van der Waals surface area (Å²) >= 11 is 11.9. The number of esters is 1. The first-order valence-corrected chi connectivity index (χ1v) is 10.1. The zero-order valence-corrected chi connectivity index (χ0v) is 16.6. The van der Waals surface area contributed by atoms with Crippen molar-refractivity contribution in [3.8, 4) is 0 Å². The first-order valence-electron chi connectivity index (χ1n) is 9.37. The summed E-state index contributed by atoms with van der Waals surface area (Å²) in [5.41, 5.74) is -0.977. The highest BCUT2D eigenvalue weighted by Gasteiger charge is 2.61. The molecule has 0 aromatic heterocycles. The summed E-state index contributed by atoms with van der Waals surface area (Å²) in [5, 5.41) is 14.2. The Bertz CT molecular complexity index is 782. The van der Waals surface area contributed by atoms with Crippen molar-refractivity contribution in [2.24, 2.45) is 17.3 Å². The van der Waals surface area contributed by atoms with Crippen molar-refractivity contribution < 1.29 is 19.4 Å². The zero-order valence-electron chi connectivity index (χ0n) is 15.1. The van der Waals surface area contributed by atoms with Crippen LogP contribution in [0.2, 0.25) is 10.0 Å². The van der Waals surface area contributed by atoms with Gasteiger partial charge >= 0.3 is 5.97 Å². The monoisotopic (exact) mass is 411 g/mol. The van der Waals surface area contributed by atoms with E-state index in [2.05, 4.69) is 5.32 Å². The first-order chi connectivity index (χ1) is 12.7. The molecule has 27 heavy (non-hydrogen) atoms. The highest BCUT2D eigenvalue weighted by Crippen LogP contribution is 2.62. The molecular weight excluding hydrogens is 389 g/mol. The summed E-state index contributed by atoms with van der Waals surface area (Å²) in [4.78, 5) is 25.4. The van der Waals surface area contributed by atoms with Crippen molar-refractivity contribution in [1.82, 2.24) is 0 Å². The van der Waals surface area contributed by atoms with Crippen LogP contribution in [0.15, 0.2) is 18.2 Å². The van der Waals surface area contributed by atoms with Gasteiger partial charge in [-0.3, -0.25) is 9.59 Å². The van der Waals surface area contributed by atoms with Crippen LogP contribution < -0.4 is 5.32 Å². The Morgan fingerprint density at radius 1 is 1.22 bits per heavy atom. The SMILES string of the molecule is C[C@H](OC(=O)C12C[C@@H]3C[C@@H](CC(O)(C3)C1)C2)C(=O)Nc1ccc(Cl)cc1Cl. The number of ether oxygens (including phenoxy) is 1. The smallest absolute Gasteiger partial charge is 0.312 e. The normalized spacial score (nSPS) is 35.0. The minimum Gasteiger partial charge on any atom is -0.452 e. The first kappa shape index (κ1) is 19.0. The van der Waals surface area contributed by atoms with Crippen LogP contribution in [0.5, 0.6) is 0 Å². The molecule has 1 amide bonds. The number of aliphatic hydroxyl groups is 1. The van der Waals surface area contributed by atoms with Crippen molar-refractivity contribution in [2.45, 2.75) is 57.2 Å². The van der Waals surface area contributed by atoms with Crippen LogP contribution >= 0.6 is 23.2 Å². The van der Waals surface area contributed by atoms with Crippen LogP contribution in [-0.2, 0) is 14.3 Å². The molecule has 146 valence electrons. The van der Waals surface area contributed by atoms with Gasteiger partial charge in [-0.25, -0.2) is 0 Å². The van der Waals surface area contributed by atoms with E-state index in [1.54, 1.807) is 19.1 Å². The van der Waals surface area contributed by atoms with Gasteiger partial charge in [-0.05, 0) is 75.5 Å². The van der Waals surface area contributed by atoms with E-state index in [9.17, 15) is 14.7 Å². The fourth-order valence-corrected chi connectivity index (χ4v) is 6.07. The molecule has 4 bridgehead atoms. The molecule has 0 saturated heterocycles. The lowest BCUT2D eigenvalue weighted by Gasteiger charge is -2.58. The molecule has 1 aromatic carbocycles. The van der Waals surface area contributed by atoms with Crippen molar-refractivity contribution >= 4 is 40.8 Å². The summed E-state index contributed by atoms with van der Waals surface area (Å²) in [6.07, 6.45) is 3.65. The number of carbonyl (C=O) groups excluding carboxylic acids is 2. The van der Waals surface area contributed by atoms with Crippen molar-refractivity contribution in [3.63, 3.8) is 0 Å². The molecule has 4 fully saturated rings. The third kappa shape index (κ3) is 3.57. The number of carbonyl (C=O) groups is 2. The van der Waals surface area contributed by atoms with Gasteiger partial charge in [-0.2, -0.15) is 0 Å². The lowest BCUT2D eigenvalue weighted by Crippen LogP contribution is -2.59. The zero-order chi connectivity index (χ0) is 19.4. The second-order valence-electron chi connectivity index (χ2n) is 8.63. The molecule has 0 radical (unpaired) electrons. The molecular formula is C20H23Cl2NO4. The van der Waals surface area contributed by atoms with Gasteiger partial charge in [-0.15, -0.1) is 0 Å². The molecule has 0 aliphatic heterocycles. The molecule has 4 aliphatic rings. The summed E-state index contributed by atoms with van der Waals surface area (Å²) < 4.78 is 5.55. The predicted molar refractivity (Wildman–Crippen MR) is 103 cm³/mol. The van der Waals surface area contributed by atoms with Gasteiger partial charge in [0.05, 0.1) is 21.7 Å². The van der Waals surface area contributed by atoms with Gasteiger partial charge in [0.15, 0.2) is 6.10 Å². The molecule has 0 spiro atoms. The fourth-order valence-electron chi connectivity index (χ4n) is 5.62. The molecule has 4 aliphatic carbocycles. The van der Waals surface area contributed by atoms with Crippen LogP contribution in [0.4, 0.5) is 5.69 Å². The van der Waals surface area contributed by atoms with Crippen LogP contribution in [0, 0.1) is 17.3 Å². The van der Waals surface area contributed by atoms with Crippen LogP contribution in [-0.4, -0.2) is 28.7 Å². The second kappa shape index (κ2) is 6.64. The number of halogens is 2. The lowest BCUT2D eigenvalue weighted by molar-refractivity contribution is -0.199. The summed E-state index contributed by atoms with van der Waals surface area (Å²) in [5.74, 6) is -0.0579. The Kier molecular flexibility index (Phi) is 4.68. The second-order valence-corrected chi connectivity index (χ2v) is 9.47. The maximum atomic E-state index is 13.0. The molecule has 5 atom stereocenters. The van der Waals surface area contributed by atoms with E-state index < -0.39 is 23.0 Å². The summed E-state index contributed by atoms with van der Waals surface area (Å²) in [7, 11) is 0. The van der Waals surface area contributed by atoms with E-state index in [-0.39, 0.29) is 5.97 Å². The number of rotatable bonds is 4. The third-order valence-electron chi connectivity index (χ3n) is 6.31. The minimum absolute atomic E-state index is 0.317. The molecule has 2 unspecified atom stereocenters. The Balaban J connectivity index is 1.42. The van der Waals surface area contributed by atoms with Gasteiger partial charge in [0.25, 0.3) is 5.91 Å². The number of nitrogens with one attached hydrogen (secondary N) is 1. The number of amides is 1. The summed E-state index contributed by atoms with van der Waals surface area (Å²) in [6.45, 7) is 1.55. The maximum absolute atomic E-state index is 13.0. The summed E-state index contributed by atoms with van der Waals surface area (Å²) in [6, 6.07) is 4.76. The van der Waals surface area contributed by atoms with Gasteiger partial charge in [-0.1, -0.05) is 23.2 Å². The molecule has 4 saturated carbocycles. The molecule has 7 heteroatoms. The van der Waals surface area contributed by atoms with Crippen LogP contribution in [0.3, 0.4) is 0 Å². The molecule has 1 aromatic rings. The van der Waals surface area contributed by atoms with Gasteiger partial charge in [0, 0.05) is 5.02 Å². The van der Waals surface area contributed by atoms with Gasteiger partial charge in [0.2, 0.25) is 0 Å². The number of anilines is 1. The number of benzene rings is 1. The quantitative estimate of drug-likeness (QED) is 0.727. The van der Waals surface area contributed by atoms with E-state index in [0.29, 0.717) is 34.0 Å². The fraction of sp³-hybridized carbons (Fsp3) is 0.600. The average molecular weight is 412 g/mol. The Morgan fingerprint density at radius 3 is 2.48 bits per heavy atom. The van der Waals surface area contributed by atoms with E-state index in [1.165, 1.54) is 6.07 Å². The van der Waals surface area contributed by atoms with Crippen molar-refractivity contribution in [3.05, 3.63) is 28.2 Å². The van der Waals surface area contributed by atoms with Crippen LogP contribution in [0.1, 0.15) is 45.4 Å². The standard InChI is InChI=1S/C20H23Cl2NO4/c1-11(17(24)23-16-3-2-14(21)5-15(16)22)27-18(25)19-6-12-4-13(7-19)9-20(26,8-12)10-19/h2-3,5,11-13,26H,4,6-10H2,1H3,(H,23,24)/t11-,12-,13+,19?,20?/m0/s1. The van der Waals surface area contributed by atoms with Gasteiger partial charge in [0.1, 0.15) is 0 Å². The highest BCUT2D eigenvalue weighted by atomic mass is 35.5. The van der Waals surface area contributed by atoms with E-state index in [0.717, 1.165) is 32.1 Å². The topological polar surface area (TPSA) is 75.6 Å². The van der Waals surface area contributed by atoms with E-state index in [1.807, 2.05) is 0 Å². The molecule has 2 N–H and O–H groups in total. The van der Waals surface area contributed by atoms with Crippen LogP contribution in [0.25, 0.3) is 0 Å². The Hall–Kier alpha value is -1.30. The Morgan fingerprint density at radius 2 is 1.89 bits per heavy atom.